The van der Waals surface area contributed by atoms with E-state index in [9.17, 15) is 9.59 Å². The predicted octanol–water partition coefficient (Wildman–Crippen LogP) is 3.37. The number of methoxy groups -OCH3 is 1. The van der Waals surface area contributed by atoms with Crippen molar-refractivity contribution in [3.63, 3.8) is 0 Å². The van der Waals surface area contributed by atoms with E-state index < -0.39 is 5.97 Å². The van der Waals surface area contributed by atoms with E-state index in [1.54, 1.807) is 18.2 Å². The number of nitrogens with one attached hydrogen (secondary N) is 1. The summed E-state index contributed by atoms with van der Waals surface area (Å²) in [6.45, 7) is 1.84. The van der Waals surface area contributed by atoms with Crippen LogP contribution in [0.25, 0.3) is 0 Å². The maximum Gasteiger partial charge on any atom is 0.337 e. The van der Waals surface area contributed by atoms with Gasteiger partial charge in [-0.1, -0.05) is 11.6 Å². The molecule has 130 valence electrons. The molecule has 0 unspecified atom stereocenters. The number of benzene rings is 1. The number of anilines is 2. The van der Waals surface area contributed by atoms with Gasteiger partial charge in [-0.25, -0.2) is 9.78 Å². The van der Waals surface area contributed by atoms with Crippen molar-refractivity contribution < 1.29 is 14.3 Å². The third-order valence-corrected chi connectivity index (χ3v) is 4.31. The molecule has 1 amide bonds. The third-order valence-electron chi connectivity index (χ3n) is 4.10. The number of carbonyl (C=O) groups is 2. The first-order valence-corrected chi connectivity index (χ1v) is 8.36. The predicted molar refractivity (Wildman–Crippen MR) is 96.4 cm³/mol. The Bertz CT molecular complexity index is 804. The van der Waals surface area contributed by atoms with Crippen molar-refractivity contribution in [3.8, 4) is 0 Å². The van der Waals surface area contributed by atoms with E-state index in [-0.39, 0.29) is 11.1 Å². The highest BCUT2D eigenvalue weighted by molar-refractivity contribution is 6.29. The van der Waals surface area contributed by atoms with E-state index in [2.05, 4.69) is 15.2 Å². The zero-order valence-corrected chi connectivity index (χ0v) is 14.5. The fraction of sp³-hybridized carbons (Fsp3) is 0.278. The minimum absolute atomic E-state index is 0.246. The van der Waals surface area contributed by atoms with Gasteiger partial charge in [-0.05, 0) is 43.2 Å². The van der Waals surface area contributed by atoms with Crippen molar-refractivity contribution in [1.29, 1.82) is 0 Å². The first kappa shape index (κ1) is 17.2. The zero-order valence-electron chi connectivity index (χ0n) is 13.8. The molecular formula is C18H18ClN3O3. The molecule has 0 atom stereocenters. The number of aromatic nitrogens is 1. The van der Waals surface area contributed by atoms with Crippen molar-refractivity contribution >= 4 is 34.9 Å². The first-order chi connectivity index (χ1) is 12.1. The number of nitrogens with zero attached hydrogens (tertiary/aromatic N) is 2. The Kier molecular flexibility index (Phi) is 5.19. The molecule has 6 nitrogen and oxygen atoms in total. The van der Waals surface area contributed by atoms with Crippen LogP contribution < -0.4 is 10.2 Å². The van der Waals surface area contributed by atoms with Gasteiger partial charge in [0.2, 0.25) is 0 Å². The van der Waals surface area contributed by atoms with Crippen LogP contribution in [0.5, 0.6) is 0 Å². The Balaban J connectivity index is 1.93. The van der Waals surface area contributed by atoms with Crippen molar-refractivity contribution in [2.75, 3.05) is 30.4 Å². The molecular weight excluding hydrogens is 342 g/mol. The van der Waals surface area contributed by atoms with Crippen LogP contribution >= 0.6 is 11.6 Å². The minimum Gasteiger partial charge on any atom is -0.465 e. The molecule has 1 N–H and O–H groups in total. The molecule has 0 saturated carbocycles. The summed E-state index contributed by atoms with van der Waals surface area (Å²) in [6, 6.07) is 8.27. The van der Waals surface area contributed by atoms with Gasteiger partial charge in [-0.15, -0.1) is 0 Å². The van der Waals surface area contributed by atoms with Gasteiger partial charge in [0.05, 0.1) is 24.0 Å². The molecule has 7 heteroatoms. The lowest BCUT2D eigenvalue weighted by Crippen LogP contribution is -2.21. The van der Waals surface area contributed by atoms with E-state index in [0.717, 1.165) is 31.6 Å². The standard InChI is InChI=1S/C18H18ClN3O3/c1-25-18(24)13-4-5-15(22-8-2-3-9-22)14(10-13)21-17(23)12-6-7-20-16(19)11-12/h4-7,10-11H,2-3,8-9H2,1H3,(H,21,23). The maximum atomic E-state index is 12.6. The molecule has 1 aliphatic heterocycles. The van der Waals surface area contributed by atoms with Crippen molar-refractivity contribution in [3.05, 3.63) is 52.8 Å². The van der Waals surface area contributed by atoms with E-state index in [1.165, 1.54) is 19.4 Å². The smallest absolute Gasteiger partial charge is 0.337 e. The van der Waals surface area contributed by atoms with Crippen molar-refractivity contribution in [2.24, 2.45) is 0 Å². The van der Waals surface area contributed by atoms with E-state index >= 15 is 0 Å². The largest absolute Gasteiger partial charge is 0.465 e. The zero-order chi connectivity index (χ0) is 17.8. The van der Waals surface area contributed by atoms with Gasteiger partial charge in [0.1, 0.15) is 5.15 Å². The molecule has 0 spiro atoms. The Morgan fingerprint density at radius 2 is 1.92 bits per heavy atom. The van der Waals surface area contributed by atoms with Crippen LogP contribution in [0.1, 0.15) is 33.6 Å². The highest BCUT2D eigenvalue weighted by atomic mass is 35.5. The van der Waals surface area contributed by atoms with E-state index in [1.807, 2.05) is 6.07 Å². The quantitative estimate of drug-likeness (QED) is 0.669. The number of ether oxygens (including phenoxy) is 1. The number of hydrogen-bond donors (Lipinski definition) is 1. The summed E-state index contributed by atoms with van der Waals surface area (Å²) in [7, 11) is 1.33. The summed E-state index contributed by atoms with van der Waals surface area (Å²) < 4.78 is 4.77. The monoisotopic (exact) mass is 359 g/mol. The Morgan fingerprint density at radius 1 is 1.16 bits per heavy atom. The number of amides is 1. The number of rotatable bonds is 4. The van der Waals surface area contributed by atoms with Gasteiger partial charge in [-0.2, -0.15) is 0 Å². The number of hydrogen-bond acceptors (Lipinski definition) is 5. The molecule has 2 aromatic rings. The summed E-state index contributed by atoms with van der Waals surface area (Å²) in [6.07, 6.45) is 3.68. The topological polar surface area (TPSA) is 71.5 Å². The van der Waals surface area contributed by atoms with Crippen LogP contribution in [-0.4, -0.2) is 37.1 Å². The van der Waals surface area contributed by atoms with Gasteiger partial charge in [0.15, 0.2) is 0 Å². The minimum atomic E-state index is -0.449. The van der Waals surface area contributed by atoms with Gasteiger partial charge in [-0.3, -0.25) is 4.79 Å². The Labute approximate surface area is 150 Å². The normalized spacial score (nSPS) is 13.6. The van der Waals surface area contributed by atoms with Gasteiger partial charge < -0.3 is 15.0 Å². The summed E-state index contributed by atoms with van der Waals surface area (Å²) in [5, 5.41) is 3.12. The van der Waals surface area contributed by atoms with Crippen LogP contribution in [0, 0.1) is 0 Å². The van der Waals surface area contributed by atoms with Crippen molar-refractivity contribution in [2.45, 2.75) is 12.8 Å². The molecule has 25 heavy (non-hydrogen) atoms. The lowest BCUT2D eigenvalue weighted by Gasteiger charge is -2.22. The first-order valence-electron chi connectivity index (χ1n) is 7.98. The van der Waals surface area contributed by atoms with Gasteiger partial charge >= 0.3 is 5.97 Å². The molecule has 1 aromatic carbocycles. The highest BCUT2D eigenvalue weighted by Crippen LogP contribution is 2.30. The van der Waals surface area contributed by atoms with Gasteiger partial charge in [0, 0.05) is 24.8 Å². The van der Waals surface area contributed by atoms with Crippen LogP contribution in [0.3, 0.4) is 0 Å². The fourth-order valence-corrected chi connectivity index (χ4v) is 3.03. The van der Waals surface area contributed by atoms with E-state index in [0.29, 0.717) is 16.8 Å². The third kappa shape index (κ3) is 3.91. The lowest BCUT2D eigenvalue weighted by molar-refractivity contribution is 0.0600. The molecule has 1 aromatic heterocycles. The summed E-state index contributed by atoms with van der Waals surface area (Å²) in [5.74, 6) is -0.762. The highest BCUT2D eigenvalue weighted by Gasteiger charge is 2.19. The molecule has 1 saturated heterocycles. The average molecular weight is 360 g/mol. The summed E-state index contributed by atoms with van der Waals surface area (Å²) in [5.41, 5.74) is 2.24. The Hall–Kier alpha value is -2.60. The lowest BCUT2D eigenvalue weighted by atomic mass is 10.1. The molecule has 3 rings (SSSR count). The molecule has 0 aliphatic carbocycles. The van der Waals surface area contributed by atoms with Gasteiger partial charge in [0.25, 0.3) is 5.91 Å². The molecule has 2 heterocycles. The summed E-state index contributed by atoms with van der Waals surface area (Å²) in [4.78, 5) is 30.4. The van der Waals surface area contributed by atoms with E-state index in [4.69, 9.17) is 16.3 Å². The molecule has 0 radical (unpaired) electrons. The van der Waals surface area contributed by atoms with Crippen LogP contribution in [0.4, 0.5) is 11.4 Å². The maximum absolute atomic E-state index is 12.6. The second-order valence-electron chi connectivity index (χ2n) is 5.74. The second-order valence-corrected chi connectivity index (χ2v) is 6.13. The molecule has 1 fully saturated rings. The number of carbonyl (C=O) groups excluding carboxylic acids is 2. The molecule has 0 bridgehead atoms. The molecule has 1 aliphatic rings. The fourth-order valence-electron chi connectivity index (χ4n) is 2.85. The van der Waals surface area contributed by atoms with Crippen LogP contribution in [-0.2, 0) is 4.74 Å². The summed E-state index contributed by atoms with van der Waals surface area (Å²) >= 11 is 5.85. The average Bonchev–Trinajstić information content (AvgIpc) is 3.15. The number of pyridine rings is 1. The van der Waals surface area contributed by atoms with Crippen LogP contribution in [0.15, 0.2) is 36.5 Å². The number of esters is 1. The Morgan fingerprint density at radius 3 is 2.60 bits per heavy atom. The number of halogens is 1. The van der Waals surface area contributed by atoms with Crippen molar-refractivity contribution in [1.82, 2.24) is 4.98 Å². The van der Waals surface area contributed by atoms with Crippen LogP contribution in [0.2, 0.25) is 5.15 Å². The SMILES string of the molecule is COC(=O)c1ccc(N2CCCC2)c(NC(=O)c2ccnc(Cl)c2)c1. The second kappa shape index (κ2) is 7.53.